The molecule has 1 fully saturated rings. The summed E-state index contributed by atoms with van der Waals surface area (Å²) in [5.41, 5.74) is 0.724. The van der Waals surface area contributed by atoms with Crippen molar-refractivity contribution in [3.05, 3.63) is 28.7 Å². The molecule has 1 saturated heterocycles. The summed E-state index contributed by atoms with van der Waals surface area (Å²) in [5.74, 6) is -0.590. The number of amides is 1. The fourth-order valence-electron chi connectivity index (χ4n) is 3.27. The molecule has 26 heavy (non-hydrogen) atoms. The van der Waals surface area contributed by atoms with Crippen molar-refractivity contribution in [3.63, 3.8) is 0 Å². The number of fused-ring (bicyclic) bond motifs is 1. The molecule has 1 aliphatic heterocycles. The van der Waals surface area contributed by atoms with Crippen LogP contribution in [0.15, 0.2) is 32.3 Å². The predicted octanol–water partition coefficient (Wildman–Crippen LogP) is 1.20. The molecule has 1 amide bonds. The summed E-state index contributed by atoms with van der Waals surface area (Å²) in [4.78, 5) is 25.6. The molecule has 2 aromatic rings. The fraction of sp³-hybridized carbons (Fsp3) is 0.529. The number of rotatable bonds is 5. The van der Waals surface area contributed by atoms with Crippen LogP contribution < -0.4 is 10.5 Å². The van der Waals surface area contributed by atoms with Gasteiger partial charge in [0.15, 0.2) is 5.58 Å². The highest BCUT2D eigenvalue weighted by molar-refractivity contribution is 7.89. The van der Waals surface area contributed by atoms with E-state index in [0.29, 0.717) is 5.52 Å². The number of sulfonamides is 1. The van der Waals surface area contributed by atoms with E-state index in [2.05, 4.69) is 4.72 Å². The maximum atomic E-state index is 12.4. The zero-order chi connectivity index (χ0) is 18.9. The minimum absolute atomic E-state index is 0.00172. The Hall–Kier alpha value is -2.13. The second kappa shape index (κ2) is 7.24. The highest BCUT2D eigenvalue weighted by atomic mass is 32.2. The summed E-state index contributed by atoms with van der Waals surface area (Å²) >= 11 is 0. The first-order valence-corrected chi connectivity index (χ1v) is 10.2. The van der Waals surface area contributed by atoms with Crippen molar-refractivity contribution in [3.8, 4) is 0 Å². The van der Waals surface area contributed by atoms with E-state index in [0.717, 1.165) is 25.8 Å². The molecule has 8 nitrogen and oxygen atoms in total. The van der Waals surface area contributed by atoms with Crippen LogP contribution in [0.5, 0.6) is 0 Å². The minimum atomic E-state index is -3.79. The molecule has 0 spiro atoms. The van der Waals surface area contributed by atoms with Crippen LogP contribution in [0, 0.1) is 0 Å². The topological polar surface area (TPSA) is 102 Å². The third-order valence-electron chi connectivity index (χ3n) is 4.83. The molecule has 1 aromatic carbocycles. The Labute approximate surface area is 151 Å². The number of likely N-dealkylation sites (tertiary alicyclic amines) is 1. The van der Waals surface area contributed by atoms with E-state index < -0.39 is 15.8 Å². The first-order chi connectivity index (χ1) is 12.3. The summed E-state index contributed by atoms with van der Waals surface area (Å²) in [6.45, 7) is 2.78. The number of piperidine rings is 1. The van der Waals surface area contributed by atoms with Crippen molar-refractivity contribution >= 4 is 27.0 Å². The first-order valence-electron chi connectivity index (χ1n) is 8.68. The van der Waals surface area contributed by atoms with Gasteiger partial charge in [-0.1, -0.05) is 0 Å². The van der Waals surface area contributed by atoms with Crippen LogP contribution in [0.3, 0.4) is 0 Å². The third-order valence-corrected chi connectivity index (χ3v) is 6.29. The highest BCUT2D eigenvalue weighted by Crippen LogP contribution is 2.19. The molecule has 3 rings (SSSR count). The molecular weight excluding hydrogens is 358 g/mol. The van der Waals surface area contributed by atoms with Gasteiger partial charge in [-0.3, -0.25) is 9.36 Å². The number of oxazole rings is 1. The lowest BCUT2D eigenvalue weighted by Gasteiger charge is -2.33. The van der Waals surface area contributed by atoms with Gasteiger partial charge in [0.25, 0.3) is 0 Å². The lowest BCUT2D eigenvalue weighted by Crippen LogP contribution is -2.43. The monoisotopic (exact) mass is 381 g/mol. The standard InChI is InChI=1S/C17H23N3O5S/c1-12-5-3-4-10-20(12)16(21)8-9-18-26(23,24)13-6-7-14-15(11-13)25-17(22)19(14)2/h6-7,11-12,18H,3-5,8-10H2,1-2H3. The Bertz CT molecular complexity index is 976. The molecule has 0 saturated carbocycles. The van der Waals surface area contributed by atoms with Gasteiger partial charge < -0.3 is 9.32 Å². The Morgan fingerprint density at radius 1 is 1.35 bits per heavy atom. The van der Waals surface area contributed by atoms with Gasteiger partial charge in [0, 0.05) is 38.7 Å². The van der Waals surface area contributed by atoms with Gasteiger partial charge >= 0.3 is 5.76 Å². The molecule has 1 aromatic heterocycles. The van der Waals surface area contributed by atoms with Gasteiger partial charge in [-0.05, 0) is 38.3 Å². The number of aromatic nitrogens is 1. The summed E-state index contributed by atoms with van der Waals surface area (Å²) in [6.07, 6.45) is 3.21. The predicted molar refractivity (Wildman–Crippen MR) is 96.3 cm³/mol. The molecule has 142 valence electrons. The minimum Gasteiger partial charge on any atom is -0.408 e. The van der Waals surface area contributed by atoms with Crippen LogP contribution in [-0.4, -0.2) is 42.9 Å². The SMILES string of the molecule is CC1CCCCN1C(=O)CCNS(=O)(=O)c1ccc2c(c1)oc(=O)n2C. The zero-order valence-corrected chi connectivity index (χ0v) is 15.7. The average molecular weight is 381 g/mol. The van der Waals surface area contributed by atoms with Crippen molar-refractivity contribution in [2.75, 3.05) is 13.1 Å². The van der Waals surface area contributed by atoms with Crippen molar-refractivity contribution < 1.29 is 17.6 Å². The van der Waals surface area contributed by atoms with Gasteiger partial charge in [-0.25, -0.2) is 17.9 Å². The van der Waals surface area contributed by atoms with Crippen LogP contribution >= 0.6 is 0 Å². The number of hydrogen-bond acceptors (Lipinski definition) is 5. The molecule has 1 aliphatic rings. The first kappa shape index (κ1) is 18.7. The molecule has 1 unspecified atom stereocenters. The second-order valence-corrected chi connectivity index (χ2v) is 8.40. The molecule has 0 aliphatic carbocycles. The molecule has 1 N–H and O–H groups in total. The van der Waals surface area contributed by atoms with E-state index in [1.54, 1.807) is 7.05 Å². The maximum Gasteiger partial charge on any atom is 0.419 e. The lowest BCUT2D eigenvalue weighted by molar-refractivity contribution is -0.134. The largest absolute Gasteiger partial charge is 0.419 e. The van der Waals surface area contributed by atoms with Crippen LogP contribution in [0.25, 0.3) is 11.1 Å². The van der Waals surface area contributed by atoms with Gasteiger partial charge in [-0.15, -0.1) is 0 Å². The normalized spacial score (nSPS) is 18.4. The van der Waals surface area contributed by atoms with Crippen molar-refractivity contribution in [1.82, 2.24) is 14.2 Å². The Morgan fingerprint density at radius 3 is 2.85 bits per heavy atom. The molecule has 1 atom stereocenters. The zero-order valence-electron chi connectivity index (χ0n) is 14.9. The van der Waals surface area contributed by atoms with E-state index in [-0.39, 0.29) is 35.4 Å². The molecule has 2 heterocycles. The number of nitrogens with one attached hydrogen (secondary N) is 1. The van der Waals surface area contributed by atoms with Gasteiger partial charge in [-0.2, -0.15) is 0 Å². The number of carbonyl (C=O) groups excluding carboxylic acids is 1. The Balaban J connectivity index is 1.65. The van der Waals surface area contributed by atoms with Crippen LogP contribution in [0.1, 0.15) is 32.6 Å². The highest BCUT2D eigenvalue weighted by Gasteiger charge is 2.23. The van der Waals surface area contributed by atoms with E-state index in [1.165, 1.54) is 22.8 Å². The summed E-state index contributed by atoms with van der Waals surface area (Å²) in [5, 5.41) is 0. The second-order valence-electron chi connectivity index (χ2n) is 6.64. The van der Waals surface area contributed by atoms with Gasteiger partial charge in [0.05, 0.1) is 10.4 Å². The lowest BCUT2D eigenvalue weighted by atomic mass is 10.0. The summed E-state index contributed by atoms with van der Waals surface area (Å²) in [6, 6.07) is 4.45. The Morgan fingerprint density at radius 2 is 2.12 bits per heavy atom. The van der Waals surface area contributed by atoms with Gasteiger partial charge in [0.1, 0.15) is 0 Å². The van der Waals surface area contributed by atoms with Crippen LogP contribution in [0.2, 0.25) is 0 Å². The van der Waals surface area contributed by atoms with E-state index in [4.69, 9.17) is 4.42 Å². The van der Waals surface area contributed by atoms with Gasteiger partial charge in [0.2, 0.25) is 15.9 Å². The molecule has 9 heteroatoms. The summed E-state index contributed by atoms with van der Waals surface area (Å²) in [7, 11) is -2.24. The number of aryl methyl sites for hydroxylation is 1. The smallest absolute Gasteiger partial charge is 0.408 e. The van der Waals surface area contributed by atoms with E-state index in [1.807, 2.05) is 11.8 Å². The van der Waals surface area contributed by atoms with Crippen molar-refractivity contribution in [2.24, 2.45) is 7.05 Å². The van der Waals surface area contributed by atoms with E-state index >= 15 is 0 Å². The maximum absolute atomic E-state index is 12.4. The molecular formula is C17H23N3O5S. The fourth-order valence-corrected chi connectivity index (χ4v) is 4.32. The van der Waals surface area contributed by atoms with E-state index in [9.17, 15) is 18.0 Å². The molecule has 0 radical (unpaired) electrons. The number of nitrogens with zero attached hydrogens (tertiary/aromatic N) is 2. The Kier molecular flexibility index (Phi) is 5.19. The third kappa shape index (κ3) is 3.68. The number of hydrogen-bond donors (Lipinski definition) is 1. The van der Waals surface area contributed by atoms with Crippen molar-refractivity contribution in [2.45, 2.75) is 43.5 Å². The number of benzene rings is 1. The molecule has 0 bridgehead atoms. The average Bonchev–Trinajstić information content (AvgIpc) is 2.89. The van der Waals surface area contributed by atoms with Crippen LogP contribution in [-0.2, 0) is 21.9 Å². The van der Waals surface area contributed by atoms with Crippen molar-refractivity contribution in [1.29, 1.82) is 0 Å². The quantitative estimate of drug-likeness (QED) is 0.839. The van der Waals surface area contributed by atoms with Crippen LogP contribution in [0.4, 0.5) is 0 Å². The number of carbonyl (C=O) groups is 1. The summed E-state index contributed by atoms with van der Waals surface area (Å²) < 4.78 is 33.6.